The average molecular weight is 444 g/mol. The number of hydrogen-bond acceptors (Lipinski definition) is 6. The number of fused-ring (bicyclic) bond motifs is 2. The molecule has 6 nitrogen and oxygen atoms in total. The third kappa shape index (κ3) is 3.77. The molecule has 0 spiro atoms. The van der Waals surface area contributed by atoms with Crippen molar-refractivity contribution in [2.75, 3.05) is 42.5 Å². The molecule has 1 saturated heterocycles. The van der Waals surface area contributed by atoms with Crippen LogP contribution in [-0.4, -0.2) is 47.9 Å². The summed E-state index contributed by atoms with van der Waals surface area (Å²) in [6.45, 7) is 5.40. The summed E-state index contributed by atoms with van der Waals surface area (Å²) in [5.74, 6) is 0.103. The highest BCUT2D eigenvalue weighted by atomic mass is 32.1. The Morgan fingerprint density at radius 2 is 1.59 bits per heavy atom. The maximum atomic E-state index is 13.6. The van der Waals surface area contributed by atoms with Crippen molar-refractivity contribution in [3.05, 3.63) is 70.9 Å². The molecule has 3 aromatic rings. The predicted molar refractivity (Wildman–Crippen MR) is 128 cm³/mol. The predicted octanol–water partition coefficient (Wildman–Crippen LogP) is 3.91. The Hall–Kier alpha value is -3.21. The number of piperazine rings is 1. The van der Waals surface area contributed by atoms with Gasteiger partial charge in [-0.3, -0.25) is 14.6 Å². The number of amides is 1. The van der Waals surface area contributed by atoms with Crippen LogP contribution in [0, 0.1) is 18.3 Å². The summed E-state index contributed by atoms with van der Waals surface area (Å²) in [6, 6.07) is 18.8. The largest absolute Gasteiger partial charge is 0.359 e. The van der Waals surface area contributed by atoms with E-state index in [9.17, 15) is 10.1 Å². The van der Waals surface area contributed by atoms with E-state index in [0.29, 0.717) is 12.1 Å². The Balaban J connectivity index is 1.33. The summed E-state index contributed by atoms with van der Waals surface area (Å²) in [6.07, 6.45) is 1.87. The number of aryl methyl sites for hydroxylation is 3. The smallest absolute Gasteiger partial charge is 0.245 e. The fourth-order valence-corrected chi connectivity index (χ4v) is 5.52. The van der Waals surface area contributed by atoms with Crippen LogP contribution in [0.1, 0.15) is 22.4 Å². The fourth-order valence-electron chi connectivity index (χ4n) is 4.62. The highest BCUT2D eigenvalue weighted by molar-refractivity contribution is 7.10. The summed E-state index contributed by atoms with van der Waals surface area (Å²) in [5, 5.41) is 10.4. The van der Waals surface area contributed by atoms with Crippen molar-refractivity contribution in [1.82, 2.24) is 9.27 Å². The zero-order valence-electron chi connectivity index (χ0n) is 18.1. The second-order valence-electron chi connectivity index (χ2n) is 8.31. The molecule has 0 unspecified atom stereocenters. The van der Waals surface area contributed by atoms with Crippen molar-refractivity contribution in [2.45, 2.75) is 19.8 Å². The van der Waals surface area contributed by atoms with E-state index in [4.69, 9.17) is 0 Å². The third-order valence-corrected chi connectivity index (χ3v) is 7.35. The maximum Gasteiger partial charge on any atom is 0.245 e. The molecule has 0 N–H and O–H groups in total. The standard InChI is InChI=1S/C25H25N5OS/c1-18-21(16-26)25(32-27-18)29-14-12-28(13-15-29)17-24(31)30-22-8-4-2-6-19(22)10-11-20-7-3-5-9-23(20)30/h2-9H,10-15,17H2,1H3. The lowest BCUT2D eigenvalue weighted by Gasteiger charge is -2.36. The van der Waals surface area contributed by atoms with Gasteiger partial charge in [0.05, 0.1) is 23.6 Å². The summed E-state index contributed by atoms with van der Waals surface area (Å²) < 4.78 is 4.35. The zero-order chi connectivity index (χ0) is 22.1. The van der Waals surface area contributed by atoms with Gasteiger partial charge in [-0.05, 0) is 54.6 Å². The number of nitriles is 1. The van der Waals surface area contributed by atoms with Gasteiger partial charge < -0.3 is 4.90 Å². The Labute approximate surface area is 192 Å². The first-order chi connectivity index (χ1) is 15.7. The summed E-state index contributed by atoms with van der Waals surface area (Å²) in [4.78, 5) is 20.0. The lowest BCUT2D eigenvalue weighted by Crippen LogP contribution is -2.49. The van der Waals surface area contributed by atoms with E-state index >= 15 is 0 Å². The van der Waals surface area contributed by atoms with Crippen LogP contribution in [0.3, 0.4) is 0 Å². The first kappa shape index (κ1) is 20.7. The number of carbonyl (C=O) groups is 1. The van der Waals surface area contributed by atoms with Gasteiger partial charge in [0, 0.05) is 26.2 Å². The number of carbonyl (C=O) groups excluding carboxylic acids is 1. The first-order valence-electron chi connectivity index (χ1n) is 11.0. The molecule has 0 saturated carbocycles. The number of anilines is 3. The molecule has 5 rings (SSSR count). The highest BCUT2D eigenvalue weighted by Crippen LogP contribution is 2.36. The maximum absolute atomic E-state index is 13.6. The molecule has 2 aliphatic heterocycles. The van der Waals surface area contributed by atoms with E-state index in [2.05, 4.69) is 44.5 Å². The molecular formula is C25H25N5OS. The first-order valence-corrected chi connectivity index (χ1v) is 11.8. The normalized spacial score (nSPS) is 16.1. The van der Waals surface area contributed by atoms with E-state index in [1.807, 2.05) is 36.1 Å². The van der Waals surface area contributed by atoms with E-state index in [0.717, 1.165) is 61.1 Å². The van der Waals surface area contributed by atoms with Crippen LogP contribution < -0.4 is 9.80 Å². The minimum Gasteiger partial charge on any atom is -0.359 e. The molecule has 32 heavy (non-hydrogen) atoms. The zero-order valence-corrected chi connectivity index (χ0v) is 18.9. The Morgan fingerprint density at radius 3 is 2.19 bits per heavy atom. The van der Waals surface area contributed by atoms with Crippen molar-refractivity contribution in [3.8, 4) is 6.07 Å². The van der Waals surface area contributed by atoms with Gasteiger partial charge in [-0.1, -0.05) is 36.4 Å². The van der Waals surface area contributed by atoms with Gasteiger partial charge in [-0.15, -0.1) is 0 Å². The van der Waals surface area contributed by atoms with Crippen LogP contribution in [0.25, 0.3) is 0 Å². The summed E-state index contributed by atoms with van der Waals surface area (Å²) in [5.41, 5.74) is 5.90. The van der Waals surface area contributed by atoms with Gasteiger partial charge in [0.15, 0.2) is 0 Å². The minimum atomic E-state index is 0.103. The Morgan fingerprint density at radius 1 is 1.00 bits per heavy atom. The number of rotatable bonds is 3. The van der Waals surface area contributed by atoms with Gasteiger partial charge in [0.2, 0.25) is 5.91 Å². The molecule has 0 aliphatic carbocycles. The van der Waals surface area contributed by atoms with Crippen molar-refractivity contribution >= 4 is 33.8 Å². The number of hydrogen-bond donors (Lipinski definition) is 0. The Bertz CT molecular complexity index is 1140. The van der Waals surface area contributed by atoms with Crippen LogP contribution in [0.15, 0.2) is 48.5 Å². The van der Waals surface area contributed by atoms with Gasteiger partial charge in [0.25, 0.3) is 0 Å². The molecule has 3 heterocycles. The van der Waals surface area contributed by atoms with Crippen molar-refractivity contribution in [2.24, 2.45) is 0 Å². The molecule has 0 bridgehead atoms. The van der Waals surface area contributed by atoms with Crippen molar-refractivity contribution in [3.63, 3.8) is 0 Å². The van der Waals surface area contributed by atoms with Gasteiger partial charge >= 0.3 is 0 Å². The molecule has 1 amide bonds. The van der Waals surface area contributed by atoms with Crippen LogP contribution in [0.4, 0.5) is 16.4 Å². The van der Waals surface area contributed by atoms with E-state index in [-0.39, 0.29) is 5.91 Å². The lowest BCUT2D eigenvalue weighted by molar-refractivity contribution is -0.119. The monoisotopic (exact) mass is 443 g/mol. The van der Waals surface area contributed by atoms with Gasteiger partial charge in [-0.2, -0.15) is 9.64 Å². The number of para-hydroxylation sites is 2. The van der Waals surface area contributed by atoms with E-state index < -0.39 is 0 Å². The molecule has 0 radical (unpaired) electrons. The van der Waals surface area contributed by atoms with E-state index in [1.54, 1.807) is 0 Å². The molecule has 1 aromatic heterocycles. The second kappa shape index (κ2) is 8.73. The highest BCUT2D eigenvalue weighted by Gasteiger charge is 2.29. The minimum absolute atomic E-state index is 0.103. The Kier molecular flexibility index (Phi) is 5.64. The molecule has 1 fully saturated rings. The van der Waals surface area contributed by atoms with Gasteiger partial charge in [-0.25, -0.2) is 0 Å². The quantitative estimate of drug-likeness (QED) is 0.614. The second-order valence-corrected chi connectivity index (χ2v) is 9.06. The topological polar surface area (TPSA) is 63.5 Å². The lowest BCUT2D eigenvalue weighted by atomic mass is 10.0. The number of nitrogens with zero attached hydrogens (tertiary/aromatic N) is 5. The molecule has 2 aliphatic rings. The fraction of sp³-hybridized carbons (Fsp3) is 0.320. The van der Waals surface area contributed by atoms with Gasteiger partial charge in [0.1, 0.15) is 16.6 Å². The van der Waals surface area contributed by atoms with E-state index in [1.165, 1.54) is 22.7 Å². The summed E-state index contributed by atoms with van der Waals surface area (Å²) >= 11 is 1.39. The van der Waals surface area contributed by atoms with Crippen LogP contribution in [0.2, 0.25) is 0 Å². The number of benzene rings is 2. The summed E-state index contributed by atoms with van der Waals surface area (Å²) in [7, 11) is 0. The van der Waals surface area contributed by atoms with Crippen molar-refractivity contribution < 1.29 is 4.79 Å². The molecule has 162 valence electrons. The third-order valence-electron chi connectivity index (χ3n) is 6.35. The average Bonchev–Trinajstić information content (AvgIpc) is 3.11. The van der Waals surface area contributed by atoms with Crippen LogP contribution in [-0.2, 0) is 17.6 Å². The number of aromatic nitrogens is 1. The molecule has 2 aromatic carbocycles. The molecule has 0 atom stereocenters. The molecule has 7 heteroatoms. The van der Waals surface area contributed by atoms with Crippen molar-refractivity contribution in [1.29, 1.82) is 5.26 Å². The SMILES string of the molecule is Cc1nsc(N2CCN(CC(=O)N3c4ccccc4CCc4ccccc43)CC2)c1C#N. The van der Waals surface area contributed by atoms with Crippen LogP contribution in [0.5, 0.6) is 0 Å². The molecular weight excluding hydrogens is 418 g/mol. The van der Waals surface area contributed by atoms with Crippen LogP contribution >= 0.6 is 11.5 Å².